The lowest BCUT2D eigenvalue weighted by Crippen LogP contribution is -2.47. The molecular weight excluding hydrogens is 258 g/mol. The van der Waals surface area contributed by atoms with Gasteiger partial charge in [-0.1, -0.05) is 18.2 Å². The number of amides is 1. The van der Waals surface area contributed by atoms with E-state index in [9.17, 15) is 9.59 Å². The van der Waals surface area contributed by atoms with E-state index >= 15 is 0 Å². The van der Waals surface area contributed by atoms with Crippen molar-refractivity contribution in [2.24, 2.45) is 5.73 Å². The van der Waals surface area contributed by atoms with E-state index in [1.165, 1.54) is 0 Å². The minimum absolute atomic E-state index is 0.213. The summed E-state index contributed by atoms with van der Waals surface area (Å²) in [7, 11) is 3.48. The van der Waals surface area contributed by atoms with E-state index in [0.29, 0.717) is 29.2 Å². The number of hydrogen-bond donors (Lipinski definition) is 1. The van der Waals surface area contributed by atoms with Gasteiger partial charge in [0.15, 0.2) is 6.10 Å². The monoisotopic (exact) mass is 273 g/mol. The molecule has 2 aliphatic rings. The second-order valence-electron chi connectivity index (χ2n) is 5.01. The quantitative estimate of drug-likeness (QED) is 0.751. The molecule has 0 saturated heterocycles. The molecule has 3 rings (SSSR count). The largest absolute Gasteiger partial charge is 0.449 e. The molecule has 0 spiro atoms. The van der Waals surface area contributed by atoms with Crippen molar-refractivity contribution in [3.05, 3.63) is 46.8 Å². The lowest BCUT2D eigenvalue weighted by atomic mass is 9.97. The van der Waals surface area contributed by atoms with Crippen molar-refractivity contribution in [3.63, 3.8) is 0 Å². The molecule has 0 saturated carbocycles. The van der Waals surface area contributed by atoms with Gasteiger partial charge in [0.1, 0.15) is 11.4 Å². The molecule has 0 fully saturated rings. The molecule has 20 heavy (non-hydrogen) atoms. The summed E-state index contributed by atoms with van der Waals surface area (Å²) in [6.45, 7) is 0.413. The van der Waals surface area contributed by atoms with Crippen LogP contribution in [-0.4, -0.2) is 42.4 Å². The summed E-state index contributed by atoms with van der Waals surface area (Å²) in [6, 6.07) is 7.05. The van der Waals surface area contributed by atoms with E-state index in [4.69, 9.17) is 10.5 Å². The Morgan fingerprint density at radius 2 is 1.90 bits per heavy atom. The molecule has 0 aromatic heterocycles. The van der Waals surface area contributed by atoms with E-state index in [2.05, 4.69) is 0 Å². The lowest BCUT2D eigenvalue weighted by Gasteiger charge is -2.35. The summed E-state index contributed by atoms with van der Waals surface area (Å²) in [5, 5.41) is 0. The first-order valence-electron chi connectivity index (χ1n) is 6.27. The molecule has 1 aromatic rings. The van der Waals surface area contributed by atoms with Crippen LogP contribution in [0.2, 0.25) is 0 Å². The first-order chi connectivity index (χ1) is 9.50. The topological polar surface area (TPSA) is 75.9 Å². The van der Waals surface area contributed by atoms with Crippen LogP contribution >= 0.6 is 0 Å². The zero-order valence-corrected chi connectivity index (χ0v) is 11.3. The third-order valence-corrected chi connectivity index (χ3v) is 3.64. The maximum atomic E-state index is 12.4. The fraction of sp³-hybridized carbons (Fsp3) is 0.286. The molecule has 1 aromatic carbocycles. The molecule has 6 nitrogen and oxygen atoms in total. The van der Waals surface area contributed by atoms with Crippen LogP contribution in [0.3, 0.4) is 0 Å². The number of benzene rings is 1. The van der Waals surface area contributed by atoms with Crippen molar-refractivity contribution in [2.75, 3.05) is 20.8 Å². The summed E-state index contributed by atoms with van der Waals surface area (Å²) in [6.07, 6.45) is -0.726. The number of carbonyl (C=O) groups excluding carboxylic acids is 2. The van der Waals surface area contributed by atoms with Gasteiger partial charge in [0.25, 0.3) is 5.91 Å². The predicted molar refractivity (Wildman–Crippen MR) is 71.2 cm³/mol. The molecule has 1 amide bonds. The van der Waals surface area contributed by atoms with Crippen LogP contribution in [0.15, 0.2) is 35.7 Å². The normalized spacial score (nSPS) is 22.2. The van der Waals surface area contributed by atoms with Gasteiger partial charge in [-0.15, -0.1) is 0 Å². The number of hydrogen-bond acceptors (Lipinski definition) is 5. The number of rotatable bonds is 1. The van der Waals surface area contributed by atoms with Gasteiger partial charge in [0.05, 0.1) is 12.2 Å². The third-order valence-electron chi connectivity index (χ3n) is 3.64. The average molecular weight is 273 g/mol. The van der Waals surface area contributed by atoms with Crippen molar-refractivity contribution >= 4 is 11.9 Å². The molecular formula is C14H15N3O3. The number of ether oxygens (including phenoxy) is 1. The van der Waals surface area contributed by atoms with Gasteiger partial charge < -0.3 is 20.3 Å². The zero-order chi connectivity index (χ0) is 14.4. The van der Waals surface area contributed by atoms with Crippen LogP contribution in [0.5, 0.6) is 0 Å². The maximum Gasteiger partial charge on any atom is 0.339 e. The zero-order valence-electron chi connectivity index (χ0n) is 11.3. The summed E-state index contributed by atoms with van der Waals surface area (Å²) >= 11 is 0. The van der Waals surface area contributed by atoms with E-state index in [0.717, 1.165) is 0 Å². The fourth-order valence-corrected chi connectivity index (χ4v) is 2.59. The summed E-state index contributed by atoms with van der Waals surface area (Å²) in [5.74, 6) is -0.285. The SMILES string of the molecule is CN1CN(C)C(N)=C([C@H]2OC(=O)c3ccccc32)C1=O. The Kier molecular flexibility index (Phi) is 2.67. The molecule has 1 atom stereocenters. The molecule has 0 bridgehead atoms. The number of nitrogens with two attached hydrogens (primary N) is 1. The minimum atomic E-state index is -0.726. The average Bonchev–Trinajstić information content (AvgIpc) is 2.75. The Morgan fingerprint density at radius 1 is 1.20 bits per heavy atom. The van der Waals surface area contributed by atoms with Gasteiger partial charge in [0, 0.05) is 19.7 Å². The van der Waals surface area contributed by atoms with E-state index < -0.39 is 12.1 Å². The first-order valence-corrected chi connectivity index (χ1v) is 6.27. The Hall–Kier alpha value is -2.50. The Bertz CT molecular complexity index is 638. The predicted octanol–water partition coefficient (Wildman–Crippen LogP) is 0.430. The lowest BCUT2D eigenvalue weighted by molar-refractivity contribution is -0.130. The van der Waals surface area contributed by atoms with Crippen LogP contribution in [0.25, 0.3) is 0 Å². The fourth-order valence-electron chi connectivity index (χ4n) is 2.59. The van der Waals surface area contributed by atoms with Crippen LogP contribution in [-0.2, 0) is 9.53 Å². The molecule has 0 unspecified atom stereocenters. The van der Waals surface area contributed by atoms with Crippen LogP contribution in [0.1, 0.15) is 22.0 Å². The van der Waals surface area contributed by atoms with Crippen molar-refractivity contribution < 1.29 is 14.3 Å². The van der Waals surface area contributed by atoms with Gasteiger partial charge in [-0.05, 0) is 6.07 Å². The van der Waals surface area contributed by atoms with E-state index in [1.54, 1.807) is 42.1 Å². The third kappa shape index (κ3) is 1.65. The van der Waals surface area contributed by atoms with Gasteiger partial charge in [-0.25, -0.2) is 4.79 Å². The van der Waals surface area contributed by atoms with Crippen molar-refractivity contribution in [1.82, 2.24) is 9.80 Å². The highest BCUT2D eigenvalue weighted by Crippen LogP contribution is 2.38. The number of fused-ring (bicyclic) bond motifs is 1. The number of esters is 1. The van der Waals surface area contributed by atoms with Crippen LogP contribution < -0.4 is 5.73 Å². The molecule has 0 radical (unpaired) electrons. The van der Waals surface area contributed by atoms with Gasteiger partial charge in [-0.2, -0.15) is 0 Å². The summed E-state index contributed by atoms with van der Waals surface area (Å²) < 4.78 is 5.36. The second kappa shape index (κ2) is 4.26. The van der Waals surface area contributed by atoms with Gasteiger partial charge >= 0.3 is 5.97 Å². The van der Waals surface area contributed by atoms with Crippen molar-refractivity contribution in [2.45, 2.75) is 6.10 Å². The molecule has 104 valence electrons. The van der Waals surface area contributed by atoms with Gasteiger partial charge in [-0.3, -0.25) is 4.79 Å². The number of cyclic esters (lactones) is 1. The van der Waals surface area contributed by atoms with Crippen LogP contribution in [0, 0.1) is 0 Å². The highest BCUT2D eigenvalue weighted by molar-refractivity contribution is 6.00. The maximum absolute atomic E-state index is 12.4. The standard InChI is InChI=1S/C14H15N3O3/c1-16-7-17(2)13(18)10(12(16)15)11-8-5-3-4-6-9(8)14(19)20-11/h3-6,11H,7,15H2,1-2H3/t11-/m0/s1. The first kappa shape index (κ1) is 12.5. The highest BCUT2D eigenvalue weighted by Gasteiger charge is 2.40. The van der Waals surface area contributed by atoms with Gasteiger partial charge in [0.2, 0.25) is 0 Å². The molecule has 2 aliphatic heterocycles. The second-order valence-corrected chi connectivity index (χ2v) is 5.01. The number of nitrogens with zero attached hydrogens (tertiary/aromatic N) is 2. The number of likely N-dealkylation sites (N-methyl/N-ethyl adjacent to an activating group) is 1. The molecule has 0 aliphatic carbocycles. The van der Waals surface area contributed by atoms with Crippen molar-refractivity contribution in [3.8, 4) is 0 Å². The highest BCUT2D eigenvalue weighted by atomic mass is 16.5. The Morgan fingerprint density at radius 3 is 2.65 bits per heavy atom. The summed E-state index contributed by atoms with van der Waals surface area (Å²) in [5.41, 5.74) is 7.52. The molecule has 6 heteroatoms. The Balaban J connectivity index is 2.12. The van der Waals surface area contributed by atoms with E-state index in [1.807, 2.05) is 6.07 Å². The van der Waals surface area contributed by atoms with Crippen molar-refractivity contribution in [1.29, 1.82) is 0 Å². The molecule has 2 N–H and O–H groups in total. The van der Waals surface area contributed by atoms with Crippen LogP contribution in [0.4, 0.5) is 0 Å². The Labute approximate surface area is 116 Å². The smallest absolute Gasteiger partial charge is 0.339 e. The van der Waals surface area contributed by atoms with E-state index in [-0.39, 0.29) is 5.91 Å². The summed E-state index contributed by atoms with van der Waals surface area (Å²) in [4.78, 5) is 27.5. The number of carbonyl (C=O) groups is 2. The minimum Gasteiger partial charge on any atom is -0.449 e. The molecule has 2 heterocycles.